The van der Waals surface area contributed by atoms with Gasteiger partial charge >= 0.3 is 0 Å². The summed E-state index contributed by atoms with van der Waals surface area (Å²) in [5.74, 6) is 1.80. The molecule has 0 spiro atoms. The minimum Gasteiger partial charge on any atom is -0.381 e. The van der Waals surface area contributed by atoms with Crippen molar-refractivity contribution in [2.24, 2.45) is 10.9 Å². The molecule has 0 radical (unpaired) electrons. The molecule has 1 aliphatic rings. The topological polar surface area (TPSA) is 45.6 Å². The standard InChI is InChI=1S/C15H31N3O/c1-4-6-10-19-11-7-9-17-15(16-3)18-14-12-13(14)8-5-2/h13-14H,4-12H2,1-3H3,(H2,16,17,18). The van der Waals surface area contributed by atoms with Gasteiger partial charge in [0.05, 0.1) is 0 Å². The molecule has 112 valence electrons. The minimum absolute atomic E-state index is 0.645. The van der Waals surface area contributed by atoms with Crippen LogP contribution in [0, 0.1) is 5.92 Å². The molecule has 1 saturated carbocycles. The van der Waals surface area contributed by atoms with Crippen molar-refractivity contribution in [3.8, 4) is 0 Å². The minimum atomic E-state index is 0.645. The molecular formula is C15H31N3O. The van der Waals surface area contributed by atoms with Crippen LogP contribution in [0.3, 0.4) is 0 Å². The van der Waals surface area contributed by atoms with Gasteiger partial charge in [0.1, 0.15) is 0 Å². The fraction of sp³-hybridized carbons (Fsp3) is 0.933. The van der Waals surface area contributed by atoms with Crippen molar-refractivity contribution in [3.63, 3.8) is 0 Å². The second-order valence-corrected chi connectivity index (χ2v) is 5.35. The molecule has 0 aliphatic heterocycles. The summed E-state index contributed by atoms with van der Waals surface area (Å²) in [7, 11) is 1.84. The van der Waals surface area contributed by atoms with Gasteiger partial charge in [-0.3, -0.25) is 4.99 Å². The first-order valence-electron chi connectivity index (χ1n) is 7.86. The van der Waals surface area contributed by atoms with Crippen molar-refractivity contribution in [1.29, 1.82) is 0 Å². The van der Waals surface area contributed by atoms with Crippen LogP contribution < -0.4 is 10.6 Å². The average molecular weight is 269 g/mol. The van der Waals surface area contributed by atoms with E-state index >= 15 is 0 Å². The first-order chi connectivity index (χ1) is 9.31. The number of hydrogen-bond donors (Lipinski definition) is 2. The zero-order valence-electron chi connectivity index (χ0n) is 12.9. The smallest absolute Gasteiger partial charge is 0.191 e. The Bertz CT molecular complexity index is 256. The molecule has 0 saturated heterocycles. The van der Waals surface area contributed by atoms with E-state index in [1.807, 2.05) is 7.05 Å². The summed E-state index contributed by atoms with van der Waals surface area (Å²) in [5.41, 5.74) is 0. The number of nitrogens with one attached hydrogen (secondary N) is 2. The quantitative estimate of drug-likeness (QED) is 0.364. The summed E-state index contributed by atoms with van der Waals surface area (Å²) >= 11 is 0. The molecule has 0 aromatic heterocycles. The Kier molecular flexibility index (Phi) is 8.63. The van der Waals surface area contributed by atoms with Crippen LogP contribution >= 0.6 is 0 Å². The summed E-state index contributed by atoms with van der Waals surface area (Å²) in [4.78, 5) is 4.26. The molecule has 0 heterocycles. The van der Waals surface area contributed by atoms with Crippen LogP contribution in [0.1, 0.15) is 52.4 Å². The van der Waals surface area contributed by atoms with Crippen LogP contribution in [0.4, 0.5) is 0 Å². The van der Waals surface area contributed by atoms with Gasteiger partial charge in [-0.25, -0.2) is 0 Å². The van der Waals surface area contributed by atoms with Gasteiger partial charge in [-0.2, -0.15) is 0 Å². The second kappa shape index (κ2) is 10.1. The van der Waals surface area contributed by atoms with E-state index in [-0.39, 0.29) is 0 Å². The molecule has 0 amide bonds. The van der Waals surface area contributed by atoms with Crippen molar-refractivity contribution in [2.45, 2.75) is 58.4 Å². The highest BCUT2D eigenvalue weighted by Crippen LogP contribution is 2.34. The highest BCUT2D eigenvalue weighted by atomic mass is 16.5. The van der Waals surface area contributed by atoms with Crippen LogP contribution in [0.2, 0.25) is 0 Å². The Balaban J connectivity index is 1.98. The third kappa shape index (κ3) is 7.41. The van der Waals surface area contributed by atoms with Gasteiger partial charge in [0.2, 0.25) is 0 Å². The van der Waals surface area contributed by atoms with Gasteiger partial charge in [-0.05, 0) is 31.6 Å². The number of aliphatic imine (C=N–C) groups is 1. The molecule has 0 aromatic rings. The molecule has 1 aliphatic carbocycles. The van der Waals surface area contributed by atoms with Crippen LogP contribution in [0.5, 0.6) is 0 Å². The largest absolute Gasteiger partial charge is 0.381 e. The van der Waals surface area contributed by atoms with Crippen molar-refractivity contribution >= 4 is 5.96 Å². The van der Waals surface area contributed by atoms with Crippen LogP contribution in [0.25, 0.3) is 0 Å². The van der Waals surface area contributed by atoms with E-state index < -0.39 is 0 Å². The number of nitrogens with zero attached hydrogens (tertiary/aromatic N) is 1. The van der Waals surface area contributed by atoms with E-state index in [1.54, 1.807) is 0 Å². The summed E-state index contributed by atoms with van der Waals surface area (Å²) in [6.45, 7) is 7.10. The number of unbranched alkanes of at least 4 members (excludes halogenated alkanes) is 1. The van der Waals surface area contributed by atoms with Gasteiger partial charge in [-0.15, -0.1) is 0 Å². The molecule has 1 fully saturated rings. The lowest BCUT2D eigenvalue weighted by atomic mass is 10.2. The summed E-state index contributed by atoms with van der Waals surface area (Å²) in [6.07, 6.45) is 7.32. The highest BCUT2D eigenvalue weighted by molar-refractivity contribution is 5.80. The van der Waals surface area contributed by atoms with E-state index in [0.717, 1.165) is 44.5 Å². The maximum Gasteiger partial charge on any atom is 0.191 e. The van der Waals surface area contributed by atoms with Crippen LogP contribution in [-0.4, -0.2) is 38.8 Å². The van der Waals surface area contributed by atoms with E-state index in [0.29, 0.717) is 6.04 Å². The van der Waals surface area contributed by atoms with Crippen molar-refractivity contribution in [2.75, 3.05) is 26.8 Å². The Morgan fingerprint density at radius 2 is 2.00 bits per heavy atom. The molecule has 0 aromatic carbocycles. The summed E-state index contributed by atoms with van der Waals surface area (Å²) in [5, 5.41) is 6.84. The third-order valence-electron chi connectivity index (χ3n) is 3.53. The summed E-state index contributed by atoms with van der Waals surface area (Å²) < 4.78 is 5.53. The maximum atomic E-state index is 5.53. The fourth-order valence-electron chi connectivity index (χ4n) is 2.21. The van der Waals surface area contributed by atoms with Crippen LogP contribution in [-0.2, 0) is 4.74 Å². The van der Waals surface area contributed by atoms with Gasteiger partial charge in [0.25, 0.3) is 0 Å². The first kappa shape index (κ1) is 16.3. The van der Waals surface area contributed by atoms with Crippen molar-refractivity contribution in [3.05, 3.63) is 0 Å². The Labute approximate surface area is 118 Å². The first-order valence-corrected chi connectivity index (χ1v) is 7.86. The maximum absolute atomic E-state index is 5.53. The Morgan fingerprint density at radius 1 is 1.21 bits per heavy atom. The predicted molar refractivity (Wildman–Crippen MR) is 81.6 cm³/mol. The van der Waals surface area contributed by atoms with Gasteiger partial charge < -0.3 is 15.4 Å². The number of hydrogen-bond acceptors (Lipinski definition) is 2. The molecule has 1 rings (SSSR count). The lowest BCUT2D eigenvalue weighted by molar-refractivity contribution is 0.129. The molecular weight excluding hydrogens is 238 g/mol. The lowest BCUT2D eigenvalue weighted by Crippen LogP contribution is -2.39. The second-order valence-electron chi connectivity index (χ2n) is 5.35. The number of guanidine groups is 1. The molecule has 2 unspecified atom stereocenters. The van der Waals surface area contributed by atoms with Crippen LogP contribution in [0.15, 0.2) is 4.99 Å². The van der Waals surface area contributed by atoms with Gasteiger partial charge in [0, 0.05) is 32.8 Å². The molecule has 2 N–H and O–H groups in total. The van der Waals surface area contributed by atoms with Gasteiger partial charge in [-0.1, -0.05) is 26.7 Å². The van der Waals surface area contributed by atoms with Crippen molar-refractivity contribution in [1.82, 2.24) is 10.6 Å². The number of ether oxygens (including phenoxy) is 1. The predicted octanol–water partition coefficient (Wildman–Crippen LogP) is 2.55. The summed E-state index contributed by atoms with van der Waals surface area (Å²) in [6, 6.07) is 0.645. The van der Waals surface area contributed by atoms with E-state index in [4.69, 9.17) is 4.74 Å². The SMILES string of the molecule is CCCCOCCCNC(=NC)NC1CC1CCC. The lowest BCUT2D eigenvalue weighted by Gasteiger charge is -2.11. The van der Waals surface area contributed by atoms with Gasteiger partial charge in [0.15, 0.2) is 5.96 Å². The van der Waals surface area contributed by atoms with E-state index in [1.165, 1.54) is 25.7 Å². The normalized spacial score (nSPS) is 22.4. The average Bonchev–Trinajstić information content (AvgIpc) is 3.14. The highest BCUT2D eigenvalue weighted by Gasteiger charge is 2.36. The molecule has 4 nitrogen and oxygen atoms in total. The monoisotopic (exact) mass is 269 g/mol. The van der Waals surface area contributed by atoms with E-state index in [9.17, 15) is 0 Å². The fourth-order valence-corrected chi connectivity index (χ4v) is 2.21. The molecule has 0 bridgehead atoms. The zero-order valence-corrected chi connectivity index (χ0v) is 12.9. The zero-order chi connectivity index (χ0) is 13.9. The third-order valence-corrected chi connectivity index (χ3v) is 3.53. The number of rotatable bonds is 10. The Morgan fingerprint density at radius 3 is 2.68 bits per heavy atom. The van der Waals surface area contributed by atoms with E-state index in [2.05, 4.69) is 29.5 Å². The van der Waals surface area contributed by atoms with Crippen molar-refractivity contribution < 1.29 is 4.74 Å². The molecule has 2 atom stereocenters. The Hall–Kier alpha value is -0.770. The molecule has 19 heavy (non-hydrogen) atoms. The molecule has 4 heteroatoms.